The first kappa shape index (κ1) is 15.9. The van der Waals surface area contributed by atoms with Crippen LogP contribution in [0.2, 0.25) is 0 Å². The van der Waals surface area contributed by atoms with E-state index in [4.69, 9.17) is 9.84 Å². The summed E-state index contributed by atoms with van der Waals surface area (Å²) in [6, 6.07) is 0. The van der Waals surface area contributed by atoms with E-state index >= 15 is 0 Å². The molecule has 0 fully saturated rings. The first-order valence-corrected chi connectivity index (χ1v) is 5.29. The van der Waals surface area contributed by atoms with Crippen LogP contribution in [-0.4, -0.2) is 24.3 Å². The van der Waals surface area contributed by atoms with E-state index in [0.717, 1.165) is 13.2 Å². The zero-order valence-corrected chi connectivity index (χ0v) is 10.1. The van der Waals surface area contributed by atoms with Crippen molar-refractivity contribution in [2.24, 2.45) is 5.41 Å². The van der Waals surface area contributed by atoms with Crippen LogP contribution in [-0.2, 0) is 9.53 Å². The number of carbonyl (C=O) groups is 1. The number of hydrogen-bond donors (Lipinski definition) is 1. The van der Waals surface area contributed by atoms with Gasteiger partial charge in [-0.15, -0.1) is 0 Å². The molecule has 0 saturated carbocycles. The smallest absolute Gasteiger partial charge is 0.309 e. The Hall–Kier alpha value is -0.570. The Morgan fingerprint density at radius 2 is 1.50 bits per heavy atom. The SMILES string of the molecule is CCC(C)(CC)C(=O)O.CCOCC. The number of aliphatic carboxylic acids is 1. The Bertz CT molecular complexity index is 137. The quantitative estimate of drug-likeness (QED) is 0.749. The predicted molar refractivity (Wildman–Crippen MR) is 58.5 cm³/mol. The van der Waals surface area contributed by atoms with Crippen LogP contribution >= 0.6 is 0 Å². The average Bonchev–Trinajstić information content (AvgIpc) is 2.18. The molecule has 0 unspecified atom stereocenters. The Balaban J connectivity index is 0. The fourth-order valence-electron chi connectivity index (χ4n) is 0.757. The van der Waals surface area contributed by atoms with Crippen molar-refractivity contribution in [3.63, 3.8) is 0 Å². The minimum atomic E-state index is -0.687. The van der Waals surface area contributed by atoms with Gasteiger partial charge in [0.25, 0.3) is 0 Å². The molecule has 0 aromatic heterocycles. The zero-order valence-electron chi connectivity index (χ0n) is 10.1. The molecule has 0 aliphatic carbocycles. The maximum atomic E-state index is 10.5. The summed E-state index contributed by atoms with van der Waals surface area (Å²) in [5.41, 5.74) is -0.500. The topological polar surface area (TPSA) is 46.5 Å². The lowest BCUT2D eigenvalue weighted by Gasteiger charge is -2.19. The maximum Gasteiger partial charge on any atom is 0.309 e. The third-order valence-electron chi connectivity index (χ3n) is 2.49. The molecule has 0 heterocycles. The van der Waals surface area contributed by atoms with Crippen LogP contribution in [0.3, 0.4) is 0 Å². The lowest BCUT2D eigenvalue weighted by Crippen LogP contribution is -2.25. The highest BCUT2D eigenvalue weighted by Gasteiger charge is 2.27. The Morgan fingerprint density at radius 1 is 1.14 bits per heavy atom. The van der Waals surface area contributed by atoms with Crippen LogP contribution in [0, 0.1) is 5.41 Å². The first-order chi connectivity index (χ1) is 6.48. The van der Waals surface area contributed by atoms with Crippen molar-refractivity contribution in [3.05, 3.63) is 0 Å². The van der Waals surface area contributed by atoms with Gasteiger partial charge < -0.3 is 9.84 Å². The van der Waals surface area contributed by atoms with Crippen LogP contribution in [0.15, 0.2) is 0 Å². The Labute approximate surface area is 87.5 Å². The van der Waals surface area contributed by atoms with Crippen LogP contribution in [0.5, 0.6) is 0 Å². The molecule has 0 bridgehead atoms. The summed E-state index contributed by atoms with van der Waals surface area (Å²) in [4.78, 5) is 10.5. The molecule has 0 aromatic carbocycles. The van der Waals surface area contributed by atoms with Gasteiger partial charge in [-0.25, -0.2) is 0 Å². The van der Waals surface area contributed by atoms with E-state index < -0.39 is 11.4 Å². The molecular formula is C11H24O3. The zero-order chi connectivity index (χ0) is 11.6. The van der Waals surface area contributed by atoms with E-state index in [-0.39, 0.29) is 0 Å². The van der Waals surface area contributed by atoms with Gasteiger partial charge in [0.2, 0.25) is 0 Å². The molecule has 3 heteroatoms. The number of carboxylic acid groups (broad SMARTS) is 1. The van der Waals surface area contributed by atoms with E-state index in [2.05, 4.69) is 0 Å². The van der Waals surface area contributed by atoms with Gasteiger partial charge in [-0.05, 0) is 33.6 Å². The number of ether oxygens (including phenoxy) is 1. The first-order valence-electron chi connectivity index (χ1n) is 5.29. The highest BCUT2D eigenvalue weighted by Crippen LogP contribution is 2.24. The van der Waals surface area contributed by atoms with Crippen molar-refractivity contribution in [3.8, 4) is 0 Å². The van der Waals surface area contributed by atoms with Crippen LogP contribution < -0.4 is 0 Å². The van der Waals surface area contributed by atoms with E-state index in [1.807, 2.05) is 27.7 Å². The average molecular weight is 204 g/mol. The number of carboxylic acids is 1. The van der Waals surface area contributed by atoms with Crippen molar-refractivity contribution in [2.75, 3.05) is 13.2 Å². The van der Waals surface area contributed by atoms with Crippen LogP contribution in [0.25, 0.3) is 0 Å². The van der Waals surface area contributed by atoms with Gasteiger partial charge in [0.15, 0.2) is 0 Å². The van der Waals surface area contributed by atoms with E-state index in [1.165, 1.54) is 0 Å². The third-order valence-corrected chi connectivity index (χ3v) is 2.49. The van der Waals surface area contributed by atoms with Crippen LogP contribution in [0.4, 0.5) is 0 Å². The summed E-state index contributed by atoms with van der Waals surface area (Å²) in [7, 11) is 0. The normalized spacial score (nSPS) is 10.4. The van der Waals surface area contributed by atoms with Crippen molar-refractivity contribution < 1.29 is 14.6 Å². The van der Waals surface area contributed by atoms with Gasteiger partial charge in [0.1, 0.15) is 0 Å². The minimum absolute atomic E-state index is 0.500. The fraction of sp³-hybridized carbons (Fsp3) is 0.909. The second kappa shape index (κ2) is 9.00. The Morgan fingerprint density at radius 3 is 1.50 bits per heavy atom. The summed E-state index contributed by atoms with van der Waals surface area (Å²) in [5.74, 6) is -0.687. The van der Waals surface area contributed by atoms with Gasteiger partial charge in [-0.3, -0.25) is 4.79 Å². The summed E-state index contributed by atoms with van der Waals surface area (Å²) in [6.07, 6.45) is 1.41. The third kappa shape index (κ3) is 6.89. The lowest BCUT2D eigenvalue weighted by molar-refractivity contribution is -0.148. The molecule has 0 radical (unpaired) electrons. The molecular weight excluding hydrogens is 180 g/mol. The Kier molecular flexibility index (Phi) is 10.2. The molecule has 0 aromatic rings. The largest absolute Gasteiger partial charge is 0.481 e. The molecule has 0 spiro atoms. The van der Waals surface area contributed by atoms with Gasteiger partial charge in [0, 0.05) is 13.2 Å². The molecule has 86 valence electrons. The van der Waals surface area contributed by atoms with E-state index in [9.17, 15) is 4.79 Å². The summed E-state index contributed by atoms with van der Waals surface area (Å²) < 4.78 is 4.83. The number of rotatable bonds is 5. The molecule has 0 amide bonds. The molecule has 3 nitrogen and oxygen atoms in total. The summed E-state index contributed by atoms with van der Waals surface area (Å²) in [5, 5.41) is 8.63. The van der Waals surface area contributed by atoms with E-state index in [1.54, 1.807) is 6.92 Å². The van der Waals surface area contributed by atoms with Gasteiger partial charge >= 0.3 is 5.97 Å². The maximum absolute atomic E-state index is 10.5. The second-order valence-corrected chi connectivity index (χ2v) is 3.35. The molecule has 0 atom stereocenters. The van der Waals surface area contributed by atoms with Crippen molar-refractivity contribution in [2.45, 2.75) is 47.5 Å². The fourth-order valence-corrected chi connectivity index (χ4v) is 0.757. The number of hydrogen-bond acceptors (Lipinski definition) is 2. The standard InChI is InChI=1S/C7H14O2.C4H10O/c1-4-7(3,5-2)6(8)9;1-3-5-4-2/h4-5H2,1-3H3,(H,8,9);3-4H2,1-2H3. The van der Waals surface area contributed by atoms with Gasteiger partial charge in [-0.1, -0.05) is 13.8 Å². The lowest BCUT2D eigenvalue weighted by atomic mass is 9.85. The molecule has 14 heavy (non-hydrogen) atoms. The highest BCUT2D eigenvalue weighted by molar-refractivity contribution is 5.73. The van der Waals surface area contributed by atoms with Crippen molar-refractivity contribution in [1.29, 1.82) is 0 Å². The molecule has 0 saturated heterocycles. The van der Waals surface area contributed by atoms with Crippen LogP contribution in [0.1, 0.15) is 47.5 Å². The molecule has 0 aliphatic heterocycles. The van der Waals surface area contributed by atoms with Gasteiger partial charge in [0.05, 0.1) is 5.41 Å². The predicted octanol–water partition coefficient (Wildman–Crippen LogP) is 2.94. The van der Waals surface area contributed by atoms with E-state index in [0.29, 0.717) is 12.8 Å². The minimum Gasteiger partial charge on any atom is -0.481 e. The summed E-state index contributed by atoms with van der Waals surface area (Å²) >= 11 is 0. The molecule has 1 N–H and O–H groups in total. The van der Waals surface area contributed by atoms with Crippen molar-refractivity contribution in [1.82, 2.24) is 0 Å². The molecule has 0 rings (SSSR count). The van der Waals surface area contributed by atoms with Gasteiger partial charge in [-0.2, -0.15) is 0 Å². The summed E-state index contributed by atoms with van der Waals surface area (Å²) in [6.45, 7) is 11.2. The second-order valence-electron chi connectivity index (χ2n) is 3.35. The molecule has 0 aliphatic rings. The highest BCUT2D eigenvalue weighted by atomic mass is 16.5. The monoisotopic (exact) mass is 204 g/mol. The van der Waals surface area contributed by atoms with Crippen molar-refractivity contribution >= 4 is 5.97 Å².